The van der Waals surface area contributed by atoms with Crippen LogP contribution in [0.1, 0.15) is 26.7 Å². The van der Waals surface area contributed by atoms with Crippen LogP contribution >= 0.6 is 0 Å². The van der Waals surface area contributed by atoms with E-state index in [0.29, 0.717) is 12.0 Å². The first kappa shape index (κ1) is 9.56. The van der Waals surface area contributed by atoms with E-state index in [9.17, 15) is 0 Å². The van der Waals surface area contributed by atoms with E-state index >= 15 is 0 Å². The van der Waals surface area contributed by atoms with Crippen LogP contribution in [0.4, 0.5) is 5.82 Å². The van der Waals surface area contributed by atoms with Gasteiger partial charge in [-0.3, -0.25) is 4.68 Å². The lowest BCUT2D eigenvalue weighted by Gasteiger charge is -2.23. The van der Waals surface area contributed by atoms with E-state index in [-0.39, 0.29) is 0 Å². The molecule has 0 radical (unpaired) electrons. The summed E-state index contributed by atoms with van der Waals surface area (Å²) in [6.45, 7) is 4.57. The maximum Gasteiger partial charge on any atom is 0.124 e. The van der Waals surface area contributed by atoms with Gasteiger partial charge in [0.15, 0.2) is 0 Å². The Bertz CT molecular complexity index is 297. The van der Waals surface area contributed by atoms with Crippen molar-refractivity contribution in [3.05, 3.63) is 12.3 Å². The Labute approximate surface area is 85.5 Å². The molecule has 0 saturated heterocycles. The van der Waals surface area contributed by atoms with E-state index < -0.39 is 0 Å². The van der Waals surface area contributed by atoms with Crippen LogP contribution in [0.25, 0.3) is 0 Å². The molecular weight excluding hydrogens is 174 g/mol. The molecule has 0 amide bonds. The highest BCUT2D eigenvalue weighted by atomic mass is 15.3. The molecule has 0 aliphatic heterocycles. The Hall–Kier alpha value is -0.990. The molecule has 1 saturated carbocycles. The van der Waals surface area contributed by atoms with Gasteiger partial charge < -0.3 is 5.32 Å². The molecule has 78 valence electrons. The van der Waals surface area contributed by atoms with Gasteiger partial charge in [-0.05, 0) is 24.7 Å². The van der Waals surface area contributed by atoms with Crippen molar-refractivity contribution < 1.29 is 0 Å². The maximum absolute atomic E-state index is 4.16. The Morgan fingerprint density at radius 3 is 2.64 bits per heavy atom. The fraction of sp³-hybridized carbons (Fsp3) is 0.727. The van der Waals surface area contributed by atoms with Gasteiger partial charge in [0.2, 0.25) is 0 Å². The Balaban J connectivity index is 2.03. The average Bonchev–Trinajstić information content (AvgIpc) is 2.87. The molecule has 1 unspecified atom stereocenters. The summed E-state index contributed by atoms with van der Waals surface area (Å²) in [7, 11) is 1.98. The minimum Gasteiger partial charge on any atom is -0.367 e. The summed E-state index contributed by atoms with van der Waals surface area (Å²) in [6, 6.07) is 2.66. The second kappa shape index (κ2) is 3.64. The third kappa shape index (κ3) is 1.91. The SMILES string of the molecule is CC(C)C(Nc1ccnn1C)C1CC1. The van der Waals surface area contributed by atoms with Gasteiger partial charge in [0.05, 0.1) is 6.20 Å². The van der Waals surface area contributed by atoms with E-state index in [1.165, 1.54) is 12.8 Å². The van der Waals surface area contributed by atoms with Gasteiger partial charge in [0.1, 0.15) is 5.82 Å². The van der Waals surface area contributed by atoms with Crippen molar-refractivity contribution in [2.75, 3.05) is 5.32 Å². The molecule has 1 aliphatic rings. The van der Waals surface area contributed by atoms with E-state index in [1.807, 2.05) is 24.0 Å². The van der Waals surface area contributed by atoms with Gasteiger partial charge in [0, 0.05) is 19.2 Å². The molecule has 1 fully saturated rings. The monoisotopic (exact) mass is 193 g/mol. The number of nitrogens with zero attached hydrogens (tertiary/aromatic N) is 2. The zero-order valence-corrected chi connectivity index (χ0v) is 9.20. The van der Waals surface area contributed by atoms with E-state index in [2.05, 4.69) is 24.3 Å². The van der Waals surface area contributed by atoms with Crippen LogP contribution < -0.4 is 5.32 Å². The summed E-state index contributed by atoms with van der Waals surface area (Å²) < 4.78 is 1.90. The number of rotatable bonds is 4. The molecule has 1 atom stereocenters. The van der Waals surface area contributed by atoms with Gasteiger partial charge in [-0.2, -0.15) is 5.10 Å². The number of aryl methyl sites for hydroxylation is 1. The van der Waals surface area contributed by atoms with Gasteiger partial charge >= 0.3 is 0 Å². The Morgan fingerprint density at radius 1 is 1.50 bits per heavy atom. The highest BCUT2D eigenvalue weighted by molar-refractivity contribution is 5.35. The molecule has 1 aromatic rings. The first-order chi connectivity index (χ1) is 6.68. The van der Waals surface area contributed by atoms with Crippen LogP contribution in [0.15, 0.2) is 12.3 Å². The van der Waals surface area contributed by atoms with Crippen LogP contribution in [0.5, 0.6) is 0 Å². The molecule has 0 bridgehead atoms. The number of aromatic nitrogens is 2. The third-order valence-corrected chi connectivity index (χ3v) is 2.98. The number of nitrogens with one attached hydrogen (secondary N) is 1. The van der Waals surface area contributed by atoms with E-state index in [1.54, 1.807) is 0 Å². The average molecular weight is 193 g/mol. The molecular formula is C11H19N3. The number of hydrogen-bond donors (Lipinski definition) is 1. The lowest BCUT2D eigenvalue weighted by atomic mass is 10.00. The Morgan fingerprint density at radius 2 is 2.21 bits per heavy atom. The van der Waals surface area contributed by atoms with Crippen molar-refractivity contribution in [1.29, 1.82) is 0 Å². The first-order valence-electron chi connectivity index (χ1n) is 5.43. The van der Waals surface area contributed by atoms with Crippen LogP contribution in [-0.2, 0) is 7.05 Å². The van der Waals surface area contributed by atoms with Crippen molar-refractivity contribution in [3.63, 3.8) is 0 Å². The molecule has 14 heavy (non-hydrogen) atoms. The highest BCUT2D eigenvalue weighted by Crippen LogP contribution is 2.37. The second-order valence-corrected chi connectivity index (χ2v) is 4.59. The van der Waals surface area contributed by atoms with Gasteiger partial charge in [-0.1, -0.05) is 13.8 Å². The standard InChI is InChI=1S/C11H19N3/c1-8(2)11(9-4-5-9)13-10-6-7-12-14(10)3/h6-9,11,13H,4-5H2,1-3H3. The molecule has 0 spiro atoms. The molecule has 1 N–H and O–H groups in total. The van der Waals surface area contributed by atoms with Crippen LogP contribution in [0, 0.1) is 11.8 Å². The topological polar surface area (TPSA) is 29.9 Å². The summed E-state index contributed by atoms with van der Waals surface area (Å²) in [4.78, 5) is 0. The van der Waals surface area contributed by atoms with Crippen molar-refractivity contribution in [1.82, 2.24) is 9.78 Å². The van der Waals surface area contributed by atoms with Gasteiger partial charge in [-0.25, -0.2) is 0 Å². The molecule has 1 heterocycles. The first-order valence-corrected chi connectivity index (χ1v) is 5.43. The normalized spacial score (nSPS) is 18.6. The lowest BCUT2D eigenvalue weighted by molar-refractivity contribution is 0.473. The maximum atomic E-state index is 4.16. The molecule has 2 rings (SSSR count). The number of anilines is 1. The largest absolute Gasteiger partial charge is 0.367 e. The van der Waals surface area contributed by atoms with Crippen molar-refractivity contribution in [3.8, 4) is 0 Å². The molecule has 1 aliphatic carbocycles. The second-order valence-electron chi connectivity index (χ2n) is 4.59. The van der Waals surface area contributed by atoms with E-state index in [4.69, 9.17) is 0 Å². The summed E-state index contributed by atoms with van der Waals surface area (Å²) in [5.74, 6) is 2.71. The van der Waals surface area contributed by atoms with Crippen molar-refractivity contribution in [2.24, 2.45) is 18.9 Å². The predicted molar refractivity (Wildman–Crippen MR) is 58.2 cm³/mol. The lowest BCUT2D eigenvalue weighted by Crippen LogP contribution is -2.28. The molecule has 3 nitrogen and oxygen atoms in total. The third-order valence-electron chi connectivity index (χ3n) is 2.98. The molecule has 0 aromatic carbocycles. The van der Waals surface area contributed by atoms with Crippen LogP contribution in [-0.4, -0.2) is 15.8 Å². The fourth-order valence-electron chi connectivity index (χ4n) is 1.97. The van der Waals surface area contributed by atoms with Crippen LogP contribution in [0.2, 0.25) is 0 Å². The molecule has 1 aromatic heterocycles. The zero-order chi connectivity index (χ0) is 10.1. The minimum atomic E-state index is 0.616. The van der Waals surface area contributed by atoms with Gasteiger partial charge in [0.25, 0.3) is 0 Å². The smallest absolute Gasteiger partial charge is 0.124 e. The van der Waals surface area contributed by atoms with Gasteiger partial charge in [-0.15, -0.1) is 0 Å². The minimum absolute atomic E-state index is 0.616. The zero-order valence-electron chi connectivity index (χ0n) is 9.20. The summed E-state index contributed by atoms with van der Waals surface area (Å²) in [5.41, 5.74) is 0. The fourth-order valence-corrected chi connectivity index (χ4v) is 1.97. The predicted octanol–water partition coefficient (Wildman–Crippen LogP) is 2.27. The quantitative estimate of drug-likeness (QED) is 0.795. The highest BCUT2D eigenvalue weighted by Gasteiger charge is 2.33. The van der Waals surface area contributed by atoms with Crippen molar-refractivity contribution >= 4 is 5.82 Å². The summed E-state index contributed by atoms with van der Waals surface area (Å²) in [5, 5.41) is 7.75. The summed E-state index contributed by atoms with van der Waals surface area (Å²) >= 11 is 0. The molecule has 3 heteroatoms. The van der Waals surface area contributed by atoms with Crippen LogP contribution in [0.3, 0.4) is 0 Å². The van der Waals surface area contributed by atoms with Crippen molar-refractivity contribution in [2.45, 2.75) is 32.7 Å². The Kier molecular flexibility index (Phi) is 2.48. The summed E-state index contributed by atoms with van der Waals surface area (Å²) in [6.07, 6.45) is 4.61. The number of hydrogen-bond acceptors (Lipinski definition) is 2. The van der Waals surface area contributed by atoms with E-state index in [0.717, 1.165) is 11.7 Å².